The van der Waals surface area contributed by atoms with Crippen molar-refractivity contribution in [3.05, 3.63) is 0 Å². The van der Waals surface area contributed by atoms with Crippen molar-refractivity contribution in [2.45, 2.75) is 51.0 Å². The lowest BCUT2D eigenvalue weighted by Crippen LogP contribution is -2.41. The van der Waals surface area contributed by atoms with E-state index < -0.39 is 0 Å². The molecule has 0 radical (unpaired) electrons. The van der Waals surface area contributed by atoms with Crippen molar-refractivity contribution in [3.63, 3.8) is 0 Å². The summed E-state index contributed by atoms with van der Waals surface area (Å²) >= 11 is 0. The van der Waals surface area contributed by atoms with Gasteiger partial charge in [-0.15, -0.1) is 0 Å². The summed E-state index contributed by atoms with van der Waals surface area (Å²) in [5.41, 5.74) is 5.94. The largest absolute Gasteiger partial charge is 0.354 e. The Balaban J connectivity index is 1.66. The normalized spacial score (nSPS) is 24.9. The highest BCUT2D eigenvalue weighted by molar-refractivity contribution is 5.78. The van der Waals surface area contributed by atoms with Gasteiger partial charge in [-0.3, -0.25) is 4.79 Å². The standard InChI is InChI=1S/C12H22N2O/c13-11(9-6-7-9)8-14-12(15)10-4-2-1-3-5-10/h9-11H,1-8,13H2,(H,14,15). The van der Waals surface area contributed by atoms with Crippen LogP contribution in [0.2, 0.25) is 0 Å². The number of rotatable bonds is 4. The third kappa shape index (κ3) is 3.20. The third-order valence-electron chi connectivity index (χ3n) is 3.72. The molecule has 0 spiro atoms. The van der Waals surface area contributed by atoms with Crippen LogP contribution >= 0.6 is 0 Å². The topological polar surface area (TPSA) is 55.1 Å². The van der Waals surface area contributed by atoms with E-state index in [-0.39, 0.29) is 17.9 Å². The first-order valence-electron chi connectivity index (χ1n) is 6.30. The molecule has 2 rings (SSSR count). The van der Waals surface area contributed by atoms with Crippen LogP contribution in [0.3, 0.4) is 0 Å². The lowest BCUT2D eigenvalue weighted by molar-refractivity contribution is -0.126. The Kier molecular flexibility index (Phi) is 3.62. The molecule has 0 heterocycles. The number of amides is 1. The van der Waals surface area contributed by atoms with Crippen molar-refractivity contribution in [1.29, 1.82) is 0 Å². The molecule has 0 aromatic rings. The minimum atomic E-state index is 0.192. The molecule has 15 heavy (non-hydrogen) atoms. The van der Waals surface area contributed by atoms with Crippen molar-refractivity contribution in [1.82, 2.24) is 5.32 Å². The van der Waals surface area contributed by atoms with Crippen LogP contribution in [-0.2, 0) is 4.79 Å². The fraction of sp³-hybridized carbons (Fsp3) is 0.917. The van der Waals surface area contributed by atoms with Crippen molar-refractivity contribution in [2.24, 2.45) is 17.6 Å². The van der Waals surface area contributed by atoms with Crippen LogP contribution in [0.1, 0.15) is 44.9 Å². The average Bonchev–Trinajstić information content (AvgIpc) is 3.10. The summed E-state index contributed by atoms with van der Waals surface area (Å²) in [7, 11) is 0. The van der Waals surface area contributed by atoms with E-state index in [1.54, 1.807) is 0 Å². The molecule has 1 atom stereocenters. The van der Waals surface area contributed by atoms with E-state index in [2.05, 4.69) is 5.32 Å². The van der Waals surface area contributed by atoms with Crippen LogP contribution in [-0.4, -0.2) is 18.5 Å². The monoisotopic (exact) mass is 210 g/mol. The average molecular weight is 210 g/mol. The zero-order valence-corrected chi connectivity index (χ0v) is 9.37. The summed E-state index contributed by atoms with van der Waals surface area (Å²) in [4.78, 5) is 11.8. The van der Waals surface area contributed by atoms with Crippen LogP contribution < -0.4 is 11.1 Å². The second kappa shape index (κ2) is 4.97. The molecule has 0 aliphatic heterocycles. The third-order valence-corrected chi connectivity index (χ3v) is 3.72. The van der Waals surface area contributed by atoms with E-state index in [9.17, 15) is 4.79 Å². The van der Waals surface area contributed by atoms with Crippen LogP contribution in [0.25, 0.3) is 0 Å². The Morgan fingerprint density at radius 3 is 2.47 bits per heavy atom. The van der Waals surface area contributed by atoms with Gasteiger partial charge in [0.1, 0.15) is 0 Å². The lowest BCUT2D eigenvalue weighted by Gasteiger charge is -2.21. The molecule has 0 bridgehead atoms. The molecule has 3 heteroatoms. The van der Waals surface area contributed by atoms with Crippen molar-refractivity contribution in [2.75, 3.05) is 6.54 Å². The molecule has 2 saturated carbocycles. The Hall–Kier alpha value is -0.570. The van der Waals surface area contributed by atoms with Gasteiger partial charge in [0.15, 0.2) is 0 Å². The summed E-state index contributed by atoms with van der Waals surface area (Å²) in [5.74, 6) is 1.19. The first kappa shape index (κ1) is 10.9. The second-order valence-electron chi connectivity index (χ2n) is 5.08. The van der Waals surface area contributed by atoms with E-state index in [0.29, 0.717) is 12.5 Å². The van der Waals surface area contributed by atoms with Crippen molar-refractivity contribution in [3.8, 4) is 0 Å². The Morgan fingerprint density at radius 1 is 1.20 bits per heavy atom. The minimum Gasteiger partial charge on any atom is -0.354 e. The van der Waals surface area contributed by atoms with Gasteiger partial charge in [0.2, 0.25) is 5.91 Å². The molecule has 0 aromatic carbocycles. The highest BCUT2D eigenvalue weighted by Gasteiger charge is 2.29. The van der Waals surface area contributed by atoms with Gasteiger partial charge in [-0.25, -0.2) is 0 Å². The molecule has 3 N–H and O–H groups in total. The van der Waals surface area contributed by atoms with Gasteiger partial charge >= 0.3 is 0 Å². The summed E-state index contributed by atoms with van der Waals surface area (Å²) in [5, 5.41) is 3.01. The zero-order valence-electron chi connectivity index (χ0n) is 9.37. The summed E-state index contributed by atoms with van der Waals surface area (Å²) in [6.45, 7) is 0.681. The Bertz CT molecular complexity index is 220. The fourth-order valence-corrected chi connectivity index (χ4v) is 2.42. The van der Waals surface area contributed by atoms with E-state index >= 15 is 0 Å². The first-order valence-corrected chi connectivity index (χ1v) is 6.30. The maximum absolute atomic E-state index is 11.8. The zero-order chi connectivity index (χ0) is 10.7. The molecular formula is C12H22N2O. The molecule has 2 aliphatic rings. The molecule has 0 aromatic heterocycles. The number of nitrogens with one attached hydrogen (secondary N) is 1. The Morgan fingerprint density at radius 2 is 1.87 bits per heavy atom. The van der Waals surface area contributed by atoms with E-state index in [1.807, 2.05) is 0 Å². The van der Waals surface area contributed by atoms with Crippen LogP contribution in [0, 0.1) is 11.8 Å². The summed E-state index contributed by atoms with van der Waals surface area (Å²) < 4.78 is 0. The number of carbonyl (C=O) groups is 1. The highest BCUT2D eigenvalue weighted by Crippen LogP contribution is 2.31. The number of nitrogens with two attached hydrogens (primary N) is 1. The van der Waals surface area contributed by atoms with E-state index in [1.165, 1.54) is 32.1 Å². The number of hydrogen-bond donors (Lipinski definition) is 2. The molecule has 86 valence electrons. The molecule has 1 amide bonds. The van der Waals surface area contributed by atoms with Gasteiger partial charge in [0.25, 0.3) is 0 Å². The van der Waals surface area contributed by atoms with Crippen LogP contribution in [0.4, 0.5) is 0 Å². The second-order valence-corrected chi connectivity index (χ2v) is 5.08. The molecular weight excluding hydrogens is 188 g/mol. The van der Waals surface area contributed by atoms with Crippen molar-refractivity contribution < 1.29 is 4.79 Å². The SMILES string of the molecule is NC(CNC(=O)C1CCCCC1)C1CC1. The molecule has 2 fully saturated rings. The maximum Gasteiger partial charge on any atom is 0.223 e. The predicted molar refractivity (Wildman–Crippen MR) is 60.3 cm³/mol. The van der Waals surface area contributed by atoms with E-state index in [0.717, 1.165) is 12.8 Å². The molecule has 2 aliphatic carbocycles. The minimum absolute atomic E-state index is 0.192. The quantitative estimate of drug-likeness (QED) is 0.737. The van der Waals surface area contributed by atoms with Gasteiger partial charge in [0, 0.05) is 18.5 Å². The number of carbonyl (C=O) groups excluding carboxylic acids is 1. The van der Waals surface area contributed by atoms with Crippen LogP contribution in [0.5, 0.6) is 0 Å². The highest BCUT2D eigenvalue weighted by atomic mass is 16.1. The van der Waals surface area contributed by atoms with Gasteiger partial charge in [0.05, 0.1) is 0 Å². The first-order chi connectivity index (χ1) is 7.27. The number of hydrogen-bond acceptors (Lipinski definition) is 2. The van der Waals surface area contributed by atoms with Gasteiger partial charge in [-0.2, -0.15) is 0 Å². The maximum atomic E-state index is 11.8. The van der Waals surface area contributed by atoms with Gasteiger partial charge < -0.3 is 11.1 Å². The summed E-state index contributed by atoms with van der Waals surface area (Å²) in [6, 6.07) is 0.192. The van der Waals surface area contributed by atoms with E-state index in [4.69, 9.17) is 5.73 Å². The van der Waals surface area contributed by atoms with Gasteiger partial charge in [-0.1, -0.05) is 19.3 Å². The smallest absolute Gasteiger partial charge is 0.223 e. The van der Waals surface area contributed by atoms with Crippen LogP contribution in [0.15, 0.2) is 0 Å². The lowest BCUT2D eigenvalue weighted by atomic mass is 9.88. The molecule has 1 unspecified atom stereocenters. The fourth-order valence-electron chi connectivity index (χ4n) is 2.42. The van der Waals surface area contributed by atoms with Crippen molar-refractivity contribution >= 4 is 5.91 Å². The van der Waals surface area contributed by atoms with Gasteiger partial charge in [-0.05, 0) is 31.6 Å². The predicted octanol–water partition coefficient (Wildman–Crippen LogP) is 1.42. The summed E-state index contributed by atoms with van der Waals surface area (Å²) in [6.07, 6.45) is 8.38. The molecule has 0 saturated heterocycles. The Labute approximate surface area is 91.8 Å². The molecule has 3 nitrogen and oxygen atoms in total.